The van der Waals surface area contributed by atoms with Crippen molar-refractivity contribution in [2.75, 3.05) is 0 Å². The number of carboxylic acid groups (broad SMARTS) is 1. The zero-order valence-electron chi connectivity index (χ0n) is 14.8. The molecule has 0 radical (unpaired) electrons. The fourth-order valence-electron chi connectivity index (χ4n) is 2.23. The van der Waals surface area contributed by atoms with Crippen LogP contribution in [0.1, 0.15) is 17.2 Å². The molecule has 0 spiro atoms. The molecule has 0 aliphatic carbocycles. The van der Waals surface area contributed by atoms with Crippen molar-refractivity contribution in [1.82, 2.24) is 0 Å². The average molecular weight is 422 g/mol. The lowest BCUT2D eigenvalue weighted by atomic mass is 9.97. The van der Waals surface area contributed by atoms with Crippen LogP contribution in [-0.4, -0.2) is 34.9 Å². The third-order valence-corrected chi connectivity index (χ3v) is 3.49. The summed E-state index contributed by atoms with van der Waals surface area (Å²) in [5, 5.41) is 17.4. The van der Waals surface area contributed by atoms with Crippen molar-refractivity contribution in [3.8, 4) is 5.75 Å². The standard InChI is InChI=1S/C17H16F5NO2.CH3NO2/c18-12-6-4-11(5-7-12)15(24)14(23)9-10-2-1-3-13(8-10)25-17(21,22)16(19)20;2-1(3)4/h1-8,14-16,24H,9,23H2;2H2,(H,3,4). The predicted molar refractivity (Wildman–Crippen MR) is 93.3 cm³/mol. The molecule has 2 unspecified atom stereocenters. The van der Waals surface area contributed by atoms with E-state index in [4.69, 9.17) is 15.6 Å². The minimum absolute atomic E-state index is 0.0655. The molecule has 160 valence electrons. The molecule has 0 aliphatic heterocycles. The van der Waals surface area contributed by atoms with E-state index < -0.39 is 42.3 Å². The second kappa shape index (κ2) is 10.6. The van der Waals surface area contributed by atoms with E-state index >= 15 is 0 Å². The van der Waals surface area contributed by atoms with E-state index in [1.807, 2.05) is 0 Å². The number of hydrogen-bond donors (Lipinski definition) is 4. The van der Waals surface area contributed by atoms with Crippen molar-refractivity contribution in [1.29, 1.82) is 0 Å². The largest absolute Gasteiger partial charge is 0.465 e. The number of nitrogens with two attached hydrogens (primary N) is 2. The Bertz CT molecular complexity index is 786. The summed E-state index contributed by atoms with van der Waals surface area (Å²) in [6.45, 7) is 0. The van der Waals surface area contributed by atoms with E-state index in [9.17, 15) is 27.1 Å². The van der Waals surface area contributed by atoms with Gasteiger partial charge in [0.05, 0.1) is 6.10 Å². The highest BCUT2D eigenvalue weighted by Crippen LogP contribution is 2.28. The third-order valence-electron chi connectivity index (χ3n) is 3.49. The van der Waals surface area contributed by atoms with Gasteiger partial charge in [0.1, 0.15) is 11.6 Å². The van der Waals surface area contributed by atoms with Gasteiger partial charge in [-0.25, -0.2) is 9.18 Å². The highest BCUT2D eigenvalue weighted by atomic mass is 19.3. The molecular weight excluding hydrogens is 403 g/mol. The summed E-state index contributed by atoms with van der Waals surface area (Å²) in [4.78, 5) is 8.78. The summed E-state index contributed by atoms with van der Waals surface area (Å²) in [5.74, 6) is -0.902. The summed E-state index contributed by atoms with van der Waals surface area (Å²) in [5.41, 5.74) is 10.7. The number of amides is 1. The topological polar surface area (TPSA) is 119 Å². The first-order valence-corrected chi connectivity index (χ1v) is 8.03. The van der Waals surface area contributed by atoms with E-state index in [0.717, 1.165) is 12.1 Å². The Morgan fingerprint density at radius 1 is 1.14 bits per heavy atom. The van der Waals surface area contributed by atoms with E-state index in [1.165, 1.54) is 36.4 Å². The number of aliphatic hydroxyl groups excluding tert-OH is 1. The maximum absolute atomic E-state index is 12.9. The van der Waals surface area contributed by atoms with Crippen molar-refractivity contribution in [2.45, 2.75) is 31.1 Å². The highest BCUT2D eigenvalue weighted by molar-refractivity contribution is 5.61. The van der Waals surface area contributed by atoms with E-state index in [0.29, 0.717) is 11.1 Å². The maximum Gasteiger partial charge on any atom is 0.461 e. The first-order chi connectivity index (χ1) is 13.4. The Hall–Kier alpha value is -2.92. The van der Waals surface area contributed by atoms with Crippen LogP contribution in [0.3, 0.4) is 0 Å². The van der Waals surface area contributed by atoms with Crippen LogP contribution in [0.5, 0.6) is 5.75 Å². The van der Waals surface area contributed by atoms with Crippen LogP contribution in [-0.2, 0) is 6.42 Å². The first-order valence-electron chi connectivity index (χ1n) is 8.03. The SMILES string of the molecule is NC(=O)O.NC(Cc1cccc(OC(F)(F)C(F)F)c1)C(O)c1ccc(F)cc1. The van der Waals surface area contributed by atoms with Crippen molar-refractivity contribution in [2.24, 2.45) is 11.5 Å². The fraction of sp³-hybridized carbons (Fsp3) is 0.278. The molecule has 0 saturated heterocycles. The Labute approximate surface area is 162 Å². The lowest BCUT2D eigenvalue weighted by Gasteiger charge is -2.20. The van der Waals surface area contributed by atoms with E-state index in [2.05, 4.69) is 10.5 Å². The van der Waals surface area contributed by atoms with Gasteiger partial charge in [-0.05, 0) is 41.8 Å². The molecule has 2 aromatic rings. The number of aliphatic hydroxyl groups is 1. The highest BCUT2D eigenvalue weighted by Gasteiger charge is 2.44. The number of ether oxygens (including phenoxy) is 1. The summed E-state index contributed by atoms with van der Waals surface area (Å²) < 4.78 is 67.1. The lowest BCUT2D eigenvalue weighted by Crippen LogP contribution is -2.33. The van der Waals surface area contributed by atoms with Gasteiger partial charge in [-0.15, -0.1) is 0 Å². The molecule has 0 bridgehead atoms. The number of carbonyl (C=O) groups is 1. The maximum atomic E-state index is 12.9. The van der Waals surface area contributed by atoms with Gasteiger partial charge >= 0.3 is 18.6 Å². The van der Waals surface area contributed by atoms with Crippen LogP contribution in [0.4, 0.5) is 26.7 Å². The van der Waals surface area contributed by atoms with Crippen LogP contribution >= 0.6 is 0 Å². The van der Waals surface area contributed by atoms with Gasteiger partial charge in [0.25, 0.3) is 0 Å². The Kier molecular flexibility index (Phi) is 8.80. The fourth-order valence-corrected chi connectivity index (χ4v) is 2.23. The van der Waals surface area contributed by atoms with Gasteiger partial charge in [0.2, 0.25) is 0 Å². The summed E-state index contributed by atoms with van der Waals surface area (Å²) in [7, 11) is 0. The summed E-state index contributed by atoms with van der Waals surface area (Å²) >= 11 is 0. The normalized spacial score (nSPS) is 13.2. The second-order valence-corrected chi connectivity index (χ2v) is 5.81. The summed E-state index contributed by atoms with van der Waals surface area (Å²) in [6.07, 6.45) is -10.9. The molecular formula is C18H19F5N2O4. The Morgan fingerprint density at radius 3 is 2.21 bits per heavy atom. The number of rotatable bonds is 7. The number of hydrogen-bond acceptors (Lipinski definition) is 4. The Balaban J connectivity index is 0.000000960. The predicted octanol–water partition coefficient (Wildman–Crippen LogP) is 3.29. The van der Waals surface area contributed by atoms with Crippen LogP contribution in [0, 0.1) is 5.82 Å². The molecule has 11 heteroatoms. The van der Waals surface area contributed by atoms with Gasteiger partial charge in [-0.1, -0.05) is 24.3 Å². The van der Waals surface area contributed by atoms with Crippen molar-refractivity contribution in [3.05, 3.63) is 65.5 Å². The summed E-state index contributed by atoms with van der Waals surface area (Å²) in [6, 6.07) is 9.42. The minimum atomic E-state index is -4.60. The Morgan fingerprint density at radius 2 is 1.69 bits per heavy atom. The molecule has 2 rings (SSSR count). The van der Waals surface area contributed by atoms with E-state index in [-0.39, 0.29) is 6.42 Å². The molecule has 0 heterocycles. The number of alkyl halides is 4. The first kappa shape index (κ1) is 24.1. The van der Waals surface area contributed by atoms with Crippen molar-refractivity contribution in [3.63, 3.8) is 0 Å². The number of halogens is 5. The molecule has 6 nitrogen and oxygen atoms in total. The molecule has 2 aromatic carbocycles. The zero-order valence-corrected chi connectivity index (χ0v) is 14.8. The zero-order chi connectivity index (χ0) is 22.2. The van der Waals surface area contributed by atoms with Gasteiger partial charge < -0.3 is 26.4 Å². The molecule has 29 heavy (non-hydrogen) atoms. The molecule has 0 saturated carbocycles. The monoisotopic (exact) mass is 422 g/mol. The van der Waals surface area contributed by atoms with Gasteiger partial charge in [-0.2, -0.15) is 17.6 Å². The molecule has 0 aliphatic rings. The molecule has 0 fully saturated rings. The van der Waals surface area contributed by atoms with Crippen molar-refractivity contribution < 1.29 is 41.7 Å². The molecule has 0 aromatic heterocycles. The van der Waals surface area contributed by atoms with E-state index in [1.54, 1.807) is 0 Å². The van der Waals surface area contributed by atoms with Crippen LogP contribution in [0.15, 0.2) is 48.5 Å². The van der Waals surface area contributed by atoms with Crippen LogP contribution in [0.25, 0.3) is 0 Å². The molecule has 1 amide bonds. The lowest BCUT2D eigenvalue weighted by molar-refractivity contribution is -0.253. The second-order valence-electron chi connectivity index (χ2n) is 5.81. The minimum Gasteiger partial charge on any atom is -0.465 e. The van der Waals surface area contributed by atoms with Gasteiger partial charge in [-0.3, -0.25) is 0 Å². The molecule has 2 atom stereocenters. The van der Waals surface area contributed by atoms with Crippen LogP contribution in [0.2, 0.25) is 0 Å². The number of benzene rings is 2. The number of primary amides is 1. The third kappa shape index (κ3) is 8.32. The average Bonchev–Trinajstić information content (AvgIpc) is 2.61. The smallest absolute Gasteiger partial charge is 0.461 e. The quantitative estimate of drug-likeness (QED) is 0.511. The molecule has 6 N–H and O–H groups in total. The van der Waals surface area contributed by atoms with Crippen LogP contribution < -0.4 is 16.2 Å². The van der Waals surface area contributed by atoms with Gasteiger partial charge in [0, 0.05) is 6.04 Å². The van der Waals surface area contributed by atoms with Crippen molar-refractivity contribution >= 4 is 6.09 Å². The van der Waals surface area contributed by atoms with Gasteiger partial charge in [0.15, 0.2) is 0 Å².